The Hall–Kier alpha value is -1.81. The molecule has 0 radical (unpaired) electrons. The van der Waals surface area contributed by atoms with Crippen LogP contribution in [0.3, 0.4) is 0 Å². The number of halogens is 3. The molecule has 2 fully saturated rings. The molecule has 0 amide bonds. The smallest absolute Gasteiger partial charge is 0.300 e. The van der Waals surface area contributed by atoms with Gasteiger partial charge in [0.2, 0.25) is 0 Å². The zero-order valence-corrected chi connectivity index (χ0v) is 17.1. The Morgan fingerprint density at radius 3 is 1.90 bits per heavy atom. The average molecular weight is 402 g/mol. The topological polar surface area (TPSA) is 3.24 Å². The van der Waals surface area contributed by atoms with Crippen molar-refractivity contribution in [3.8, 4) is 11.1 Å². The third-order valence-electron chi connectivity index (χ3n) is 7.02. The fraction of sp³-hybridized carbons (Fsp3) is 0.520. The van der Waals surface area contributed by atoms with Gasteiger partial charge in [-0.2, -0.15) is 13.2 Å². The predicted octanol–water partition coefficient (Wildman–Crippen LogP) is 6.75. The highest BCUT2D eigenvalue weighted by molar-refractivity contribution is 5.64. The van der Waals surface area contributed by atoms with Crippen LogP contribution in [0.15, 0.2) is 48.5 Å². The zero-order chi connectivity index (χ0) is 20.5. The van der Waals surface area contributed by atoms with Crippen molar-refractivity contribution < 1.29 is 13.2 Å². The monoisotopic (exact) mass is 401 g/mol. The lowest BCUT2D eigenvalue weighted by molar-refractivity contribution is -0.127. The molecule has 0 bridgehead atoms. The first-order valence-corrected chi connectivity index (χ1v) is 10.8. The molecule has 0 unspecified atom stereocenters. The molecule has 1 aliphatic carbocycles. The summed E-state index contributed by atoms with van der Waals surface area (Å²) < 4.78 is 37.6. The molecule has 29 heavy (non-hydrogen) atoms. The number of hydrogen-bond donors (Lipinski definition) is 0. The van der Waals surface area contributed by atoms with Gasteiger partial charge in [0, 0.05) is 6.04 Å². The van der Waals surface area contributed by atoms with Crippen molar-refractivity contribution in [3.63, 3.8) is 0 Å². The van der Waals surface area contributed by atoms with Gasteiger partial charge in [0.05, 0.1) is 6.42 Å². The van der Waals surface area contributed by atoms with Gasteiger partial charge in [-0.3, -0.25) is 0 Å². The van der Waals surface area contributed by atoms with Gasteiger partial charge in [-0.05, 0) is 66.4 Å². The van der Waals surface area contributed by atoms with Gasteiger partial charge in [-0.15, -0.1) is 0 Å². The molecular formula is C25H30F3N. The number of hydrogen-bond acceptors (Lipinski definition) is 1. The summed E-state index contributed by atoms with van der Waals surface area (Å²) in [7, 11) is 0. The number of likely N-dealkylation sites (tertiary alicyclic amines) is 1. The number of alkyl halides is 3. The van der Waals surface area contributed by atoms with Crippen LogP contribution in [0, 0.1) is 0 Å². The van der Waals surface area contributed by atoms with Crippen molar-refractivity contribution in [3.05, 3.63) is 59.7 Å². The molecule has 0 atom stereocenters. The minimum absolute atomic E-state index is 0.213. The van der Waals surface area contributed by atoms with Crippen LogP contribution in [0.4, 0.5) is 13.2 Å². The molecule has 2 aromatic carbocycles. The van der Waals surface area contributed by atoms with E-state index in [1.54, 1.807) is 24.3 Å². The van der Waals surface area contributed by atoms with E-state index in [0.717, 1.165) is 17.2 Å². The summed E-state index contributed by atoms with van der Waals surface area (Å²) in [6.07, 6.45) is 2.85. The Bertz CT molecular complexity index is 793. The van der Waals surface area contributed by atoms with E-state index < -0.39 is 12.6 Å². The molecule has 0 spiro atoms. The third-order valence-corrected chi connectivity index (χ3v) is 7.02. The average Bonchev–Trinajstić information content (AvgIpc) is 3.23. The predicted molar refractivity (Wildman–Crippen MR) is 112 cm³/mol. The maximum absolute atomic E-state index is 12.5. The van der Waals surface area contributed by atoms with E-state index in [9.17, 15) is 13.2 Å². The first-order chi connectivity index (χ1) is 13.8. The van der Waals surface area contributed by atoms with Gasteiger partial charge in [0.15, 0.2) is 0 Å². The van der Waals surface area contributed by atoms with E-state index in [-0.39, 0.29) is 5.41 Å². The molecule has 0 N–H and O–H groups in total. The molecule has 1 aliphatic heterocycles. The Balaban J connectivity index is 1.41. The Kier molecular flexibility index (Phi) is 5.74. The lowest BCUT2D eigenvalue weighted by atomic mass is 9.74. The van der Waals surface area contributed by atoms with Crippen molar-refractivity contribution in [1.29, 1.82) is 0 Å². The van der Waals surface area contributed by atoms with Crippen molar-refractivity contribution in [1.82, 2.24) is 4.90 Å². The molecule has 2 aliphatic rings. The molecule has 4 rings (SSSR count). The first-order valence-electron chi connectivity index (χ1n) is 10.8. The fourth-order valence-corrected chi connectivity index (χ4v) is 5.05. The summed E-state index contributed by atoms with van der Waals surface area (Å²) in [5.74, 6) is 0. The van der Waals surface area contributed by atoms with Crippen LogP contribution in [0.1, 0.15) is 56.6 Å². The Labute approximate surface area is 171 Å². The van der Waals surface area contributed by atoms with E-state index in [2.05, 4.69) is 36.1 Å². The molecule has 1 nitrogen and oxygen atoms in total. The van der Waals surface area contributed by atoms with E-state index in [1.165, 1.54) is 57.2 Å². The highest BCUT2D eigenvalue weighted by Gasteiger charge is 2.34. The van der Waals surface area contributed by atoms with Crippen LogP contribution in [-0.4, -0.2) is 30.2 Å². The lowest BCUT2D eigenvalue weighted by Gasteiger charge is -2.42. The van der Waals surface area contributed by atoms with Crippen LogP contribution in [0.2, 0.25) is 0 Å². The minimum atomic E-state index is -4.16. The summed E-state index contributed by atoms with van der Waals surface area (Å²) in [6, 6.07) is 16.2. The van der Waals surface area contributed by atoms with E-state index >= 15 is 0 Å². The second kappa shape index (κ2) is 8.14. The second-order valence-corrected chi connectivity index (χ2v) is 9.10. The van der Waals surface area contributed by atoms with Gasteiger partial charge in [-0.25, -0.2) is 0 Å². The highest BCUT2D eigenvalue weighted by atomic mass is 19.4. The van der Waals surface area contributed by atoms with Gasteiger partial charge in [0.25, 0.3) is 0 Å². The van der Waals surface area contributed by atoms with Crippen LogP contribution in [-0.2, 0) is 11.8 Å². The first kappa shape index (κ1) is 20.5. The van der Waals surface area contributed by atoms with Gasteiger partial charge in [-0.1, -0.05) is 68.3 Å². The zero-order valence-electron chi connectivity index (χ0n) is 17.1. The minimum Gasteiger partial charge on any atom is -0.300 e. The Morgan fingerprint density at radius 1 is 0.862 bits per heavy atom. The normalized spacial score (nSPS) is 20.8. The summed E-state index contributed by atoms with van der Waals surface area (Å²) in [5, 5.41) is 0. The van der Waals surface area contributed by atoms with Gasteiger partial charge >= 0.3 is 6.18 Å². The van der Waals surface area contributed by atoms with E-state index in [0.29, 0.717) is 5.56 Å². The molecule has 4 heteroatoms. The molecule has 1 saturated heterocycles. The quantitative estimate of drug-likeness (QED) is 0.547. The van der Waals surface area contributed by atoms with Crippen LogP contribution in [0.25, 0.3) is 11.1 Å². The summed E-state index contributed by atoms with van der Waals surface area (Å²) in [4.78, 5) is 2.70. The summed E-state index contributed by atoms with van der Waals surface area (Å²) in [6.45, 7) is 4.74. The molecule has 1 heterocycles. The van der Waals surface area contributed by atoms with Gasteiger partial charge < -0.3 is 4.90 Å². The standard InChI is InChI=1S/C25H30F3N/c1-24(14-16-29(17-15-24)23-4-2-3-5-23)22-12-10-21(11-13-22)20-8-6-19(7-9-20)18-25(26,27)28/h6-13,23H,2-5,14-18H2,1H3. The summed E-state index contributed by atoms with van der Waals surface area (Å²) in [5.41, 5.74) is 3.91. The van der Waals surface area contributed by atoms with Crippen LogP contribution < -0.4 is 0 Å². The number of benzene rings is 2. The van der Waals surface area contributed by atoms with Crippen molar-refractivity contribution >= 4 is 0 Å². The number of nitrogens with zero attached hydrogens (tertiary/aromatic N) is 1. The third kappa shape index (κ3) is 4.85. The molecule has 1 saturated carbocycles. The van der Waals surface area contributed by atoms with E-state index in [1.807, 2.05) is 0 Å². The van der Waals surface area contributed by atoms with Crippen LogP contribution in [0.5, 0.6) is 0 Å². The summed E-state index contributed by atoms with van der Waals surface area (Å²) >= 11 is 0. The second-order valence-electron chi connectivity index (χ2n) is 9.10. The van der Waals surface area contributed by atoms with Crippen molar-refractivity contribution in [2.45, 2.75) is 69.5 Å². The molecule has 2 aromatic rings. The number of rotatable bonds is 4. The highest BCUT2D eigenvalue weighted by Crippen LogP contribution is 2.38. The molecule has 0 aromatic heterocycles. The number of piperidine rings is 1. The Morgan fingerprint density at radius 2 is 1.38 bits per heavy atom. The van der Waals surface area contributed by atoms with Crippen molar-refractivity contribution in [2.75, 3.05) is 13.1 Å². The fourth-order valence-electron chi connectivity index (χ4n) is 5.05. The molecule has 156 valence electrons. The lowest BCUT2D eigenvalue weighted by Crippen LogP contribution is -2.45. The SMILES string of the molecule is CC1(c2ccc(-c3ccc(CC(F)(F)F)cc3)cc2)CCN(C2CCCC2)CC1. The van der Waals surface area contributed by atoms with E-state index in [4.69, 9.17) is 0 Å². The maximum Gasteiger partial charge on any atom is 0.393 e. The maximum atomic E-state index is 12.5. The van der Waals surface area contributed by atoms with Crippen molar-refractivity contribution in [2.24, 2.45) is 0 Å². The largest absolute Gasteiger partial charge is 0.393 e. The molecular weight excluding hydrogens is 371 g/mol. The van der Waals surface area contributed by atoms with Gasteiger partial charge in [0.1, 0.15) is 0 Å². The van der Waals surface area contributed by atoms with Crippen LogP contribution >= 0.6 is 0 Å².